The summed E-state index contributed by atoms with van der Waals surface area (Å²) in [5, 5.41) is 43.9. The summed E-state index contributed by atoms with van der Waals surface area (Å²) in [4.78, 5) is 7.20. The van der Waals surface area contributed by atoms with Crippen molar-refractivity contribution < 1.29 is 13.2 Å². The molecule has 2 heterocycles. The molecule has 0 atom stereocenters. The monoisotopic (exact) mass is 930 g/mol. The van der Waals surface area contributed by atoms with Crippen molar-refractivity contribution in [1.29, 1.82) is 21.0 Å². The molecule has 2 aromatic heterocycles. The Labute approximate surface area is 409 Å². The predicted molar refractivity (Wildman–Crippen MR) is 273 cm³/mol. The maximum Gasteiger partial charge on any atom is 0.416 e. The van der Waals surface area contributed by atoms with Crippen LogP contribution in [0.4, 0.5) is 24.5 Å². The van der Waals surface area contributed by atoms with E-state index >= 15 is 0 Å². The van der Waals surface area contributed by atoms with E-state index in [0.717, 1.165) is 66.9 Å². The molecule has 0 saturated heterocycles. The van der Waals surface area contributed by atoms with Gasteiger partial charge >= 0.3 is 6.18 Å². The fourth-order valence-corrected chi connectivity index (χ4v) is 9.83. The van der Waals surface area contributed by atoms with Gasteiger partial charge in [0, 0.05) is 43.8 Å². The van der Waals surface area contributed by atoms with E-state index in [1.54, 1.807) is 48.5 Å². The van der Waals surface area contributed by atoms with Crippen molar-refractivity contribution in [2.45, 2.75) is 6.18 Å². The van der Waals surface area contributed by atoms with Gasteiger partial charge in [-0.2, -0.15) is 34.2 Å². The molecule has 0 saturated carbocycles. The molecular formula is C61H29F3N8. The number of aromatic nitrogens is 2. The first-order chi connectivity index (χ1) is 35.0. The molecule has 0 N–H and O–H groups in total. The van der Waals surface area contributed by atoms with Crippen LogP contribution >= 0.6 is 0 Å². The molecule has 11 rings (SSSR count). The van der Waals surface area contributed by atoms with Gasteiger partial charge in [-0.15, -0.1) is 0 Å². The molecule has 11 aromatic rings. The van der Waals surface area contributed by atoms with Crippen molar-refractivity contribution in [3.63, 3.8) is 0 Å². The lowest BCUT2D eigenvalue weighted by Crippen LogP contribution is -2.05. The van der Waals surface area contributed by atoms with Crippen LogP contribution in [0.15, 0.2) is 176 Å². The number of fused-ring (bicyclic) bond motifs is 6. The molecule has 0 fully saturated rings. The predicted octanol–water partition coefficient (Wildman–Crippen LogP) is 16.2. The molecule has 0 aliphatic rings. The van der Waals surface area contributed by atoms with Gasteiger partial charge in [0.15, 0.2) is 11.4 Å². The summed E-state index contributed by atoms with van der Waals surface area (Å²) in [5.74, 6) is 0. The summed E-state index contributed by atoms with van der Waals surface area (Å²) >= 11 is 0. The third kappa shape index (κ3) is 7.29. The third-order valence-electron chi connectivity index (χ3n) is 13.0. The van der Waals surface area contributed by atoms with Gasteiger partial charge in [0.05, 0.1) is 87.6 Å². The standard InChI is InChI=1S/C61H29F3N8/c1-69-46-23-37(33-66)21-42(27-46)39-13-19-57-53(29-39)49-7-3-5-9-55(49)71(57)59-25-36(32-65)11-16-51(59)52-17-12-41(48-18-15-45(61(62,63)64)26-44(48)35-68)31-60(52)72-56-10-6-4-8-50(56)54-30-40(14-20-58(54)72)43-22-38(34-67)24-47(28-43)70-2/h3-31H. The zero-order chi connectivity index (χ0) is 49.8. The van der Waals surface area contributed by atoms with Gasteiger partial charge in [0.1, 0.15) is 0 Å². The molecule has 0 amide bonds. The molecule has 334 valence electrons. The van der Waals surface area contributed by atoms with Crippen LogP contribution in [0, 0.1) is 58.5 Å². The number of halogens is 3. The van der Waals surface area contributed by atoms with Crippen LogP contribution in [0.1, 0.15) is 27.8 Å². The second-order valence-corrected chi connectivity index (χ2v) is 17.1. The lowest BCUT2D eigenvalue weighted by atomic mass is 9.93. The molecule has 0 radical (unpaired) electrons. The average molecular weight is 931 g/mol. The highest BCUT2D eigenvalue weighted by molar-refractivity contribution is 6.13. The molecule has 9 aromatic carbocycles. The summed E-state index contributed by atoms with van der Waals surface area (Å²) in [5.41, 5.74) is 10.4. The summed E-state index contributed by atoms with van der Waals surface area (Å²) in [6, 6.07) is 60.5. The molecule has 0 unspecified atom stereocenters. The molecule has 0 aliphatic heterocycles. The van der Waals surface area contributed by atoms with E-state index in [0.29, 0.717) is 72.8 Å². The molecule has 11 heteroatoms. The number of alkyl halides is 3. The minimum absolute atomic E-state index is 0.151. The van der Waals surface area contributed by atoms with Gasteiger partial charge in [-0.05, 0) is 137 Å². The highest BCUT2D eigenvalue weighted by Crippen LogP contribution is 2.45. The Morgan fingerprint density at radius 1 is 0.389 bits per heavy atom. The number of hydrogen-bond acceptors (Lipinski definition) is 4. The van der Waals surface area contributed by atoms with E-state index in [9.17, 15) is 34.2 Å². The summed E-state index contributed by atoms with van der Waals surface area (Å²) in [6.07, 6.45) is -4.67. The quantitative estimate of drug-likeness (QED) is 0.154. The van der Waals surface area contributed by atoms with Crippen LogP contribution in [0.25, 0.3) is 109 Å². The zero-order valence-electron chi connectivity index (χ0n) is 37.5. The Balaban J connectivity index is 1.20. The fraction of sp³-hybridized carbons (Fsp3) is 0.0164. The van der Waals surface area contributed by atoms with Crippen molar-refractivity contribution >= 4 is 55.0 Å². The van der Waals surface area contributed by atoms with Gasteiger partial charge < -0.3 is 9.13 Å². The molecule has 0 bridgehead atoms. The number of nitrogens with zero attached hydrogens (tertiary/aromatic N) is 8. The number of rotatable bonds is 6. The lowest BCUT2D eigenvalue weighted by Gasteiger charge is -2.20. The van der Waals surface area contributed by atoms with E-state index < -0.39 is 11.7 Å². The molecular weight excluding hydrogens is 902 g/mol. The molecule has 0 spiro atoms. The first-order valence-electron chi connectivity index (χ1n) is 22.3. The topological polar surface area (TPSA) is 114 Å². The van der Waals surface area contributed by atoms with Crippen LogP contribution in [0.3, 0.4) is 0 Å². The number of benzene rings is 9. The zero-order valence-corrected chi connectivity index (χ0v) is 37.5. The van der Waals surface area contributed by atoms with Gasteiger partial charge in [0.2, 0.25) is 0 Å². The van der Waals surface area contributed by atoms with Crippen molar-refractivity contribution in [1.82, 2.24) is 9.13 Å². The van der Waals surface area contributed by atoms with Crippen molar-refractivity contribution in [2.24, 2.45) is 0 Å². The summed E-state index contributed by atoms with van der Waals surface area (Å²) in [7, 11) is 0. The largest absolute Gasteiger partial charge is 0.416 e. The Kier molecular flexibility index (Phi) is 10.4. The number of hydrogen-bond donors (Lipinski definition) is 0. The number of nitriles is 4. The van der Waals surface area contributed by atoms with Crippen molar-refractivity contribution in [3.8, 4) is 80.2 Å². The van der Waals surface area contributed by atoms with Crippen LogP contribution in [-0.4, -0.2) is 9.13 Å². The second-order valence-electron chi connectivity index (χ2n) is 17.1. The summed E-state index contributed by atoms with van der Waals surface area (Å²) in [6.45, 7) is 15.4. The van der Waals surface area contributed by atoms with Gasteiger partial charge in [-0.3, -0.25) is 0 Å². The smallest absolute Gasteiger partial charge is 0.309 e. The first-order valence-corrected chi connectivity index (χ1v) is 22.3. The Hall–Kier alpha value is -10.7. The Morgan fingerprint density at radius 3 is 1.36 bits per heavy atom. The average Bonchev–Trinajstić information content (AvgIpc) is 3.93. The third-order valence-corrected chi connectivity index (χ3v) is 13.0. The summed E-state index contributed by atoms with van der Waals surface area (Å²) < 4.78 is 46.2. The minimum atomic E-state index is -4.67. The molecule has 72 heavy (non-hydrogen) atoms. The Bertz CT molecular complexity index is 4350. The Morgan fingerprint density at radius 2 is 0.861 bits per heavy atom. The normalized spacial score (nSPS) is 11.2. The van der Waals surface area contributed by atoms with E-state index in [4.69, 9.17) is 13.1 Å². The van der Waals surface area contributed by atoms with Crippen LogP contribution in [-0.2, 0) is 6.18 Å². The van der Waals surface area contributed by atoms with Gasteiger partial charge in [-0.1, -0.05) is 72.8 Å². The SMILES string of the molecule is [C-]#[N+]c1cc(C#N)cc(-c2ccc3c(c2)c2ccccc2n3-c2cc(C#N)ccc2-c2ccc(-c3ccc(C(F)(F)F)cc3C#N)cc2-n2c3ccccc3c3cc(-c4cc(C#N)cc([N+]#[C-])c4)ccc32)c1. The van der Waals surface area contributed by atoms with Crippen LogP contribution in [0.2, 0.25) is 0 Å². The highest BCUT2D eigenvalue weighted by atomic mass is 19.4. The minimum Gasteiger partial charge on any atom is -0.309 e. The fourth-order valence-electron chi connectivity index (χ4n) is 9.83. The first kappa shape index (κ1) is 43.9. The molecule has 8 nitrogen and oxygen atoms in total. The van der Waals surface area contributed by atoms with Crippen molar-refractivity contribution in [3.05, 3.63) is 227 Å². The van der Waals surface area contributed by atoms with Crippen LogP contribution in [0.5, 0.6) is 0 Å². The van der Waals surface area contributed by atoms with E-state index in [2.05, 4.69) is 37.0 Å². The lowest BCUT2D eigenvalue weighted by molar-refractivity contribution is -0.137. The van der Waals surface area contributed by atoms with E-state index in [1.165, 1.54) is 6.07 Å². The van der Waals surface area contributed by atoms with Gasteiger partial charge in [0.25, 0.3) is 0 Å². The number of para-hydroxylation sites is 2. The maximum absolute atomic E-state index is 14.0. The molecule has 0 aliphatic carbocycles. The highest BCUT2D eigenvalue weighted by Gasteiger charge is 2.31. The maximum atomic E-state index is 14.0. The van der Waals surface area contributed by atoms with E-state index in [1.807, 2.05) is 115 Å². The van der Waals surface area contributed by atoms with E-state index in [-0.39, 0.29) is 5.56 Å². The second kappa shape index (κ2) is 17.1. The van der Waals surface area contributed by atoms with Gasteiger partial charge in [-0.25, -0.2) is 9.69 Å². The van der Waals surface area contributed by atoms with Crippen molar-refractivity contribution in [2.75, 3.05) is 0 Å². The van der Waals surface area contributed by atoms with Crippen LogP contribution < -0.4 is 0 Å².